The number of hydrogen-bond acceptors (Lipinski definition) is 5. The number of rotatable bonds is 5. The van der Waals surface area contributed by atoms with Crippen LogP contribution in [0.1, 0.15) is 0 Å². The zero-order valence-electron chi connectivity index (χ0n) is 8.26. The highest BCUT2D eigenvalue weighted by Gasteiger charge is 2.17. The summed E-state index contributed by atoms with van der Waals surface area (Å²) in [5, 5.41) is 31.4. The van der Waals surface area contributed by atoms with E-state index in [0.717, 1.165) is 6.07 Å². The first-order chi connectivity index (χ1) is 7.58. The fourth-order valence-corrected chi connectivity index (χ4v) is 1.32. The minimum absolute atomic E-state index is 0.120. The Balaban J connectivity index is 2.98. The molecular weight excluding hydrogens is 236 g/mol. The van der Waals surface area contributed by atoms with Gasteiger partial charge in [-0.15, -0.1) is 11.6 Å². The molecule has 0 aliphatic heterocycles. The minimum Gasteiger partial charge on any atom is -0.508 e. The van der Waals surface area contributed by atoms with Gasteiger partial charge in [-0.05, 0) is 12.1 Å². The fraction of sp³-hybridized carbons (Fsp3) is 0.333. The molecule has 0 fully saturated rings. The molecular formula is C9H11ClN2O4. The van der Waals surface area contributed by atoms with Gasteiger partial charge in [0, 0.05) is 5.88 Å². The maximum absolute atomic E-state index is 10.7. The molecule has 1 unspecified atom stereocenters. The van der Waals surface area contributed by atoms with Crippen molar-refractivity contribution in [2.24, 2.45) is 0 Å². The number of benzene rings is 1. The number of halogens is 1. The molecule has 6 nitrogen and oxygen atoms in total. The van der Waals surface area contributed by atoms with Crippen LogP contribution in [-0.4, -0.2) is 33.7 Å². The first kappa shape index (κ1) is 12.5. The highest BCUT2D eigenvalue weighted by molar-refractivity contribution is 6.18. The normalized spacial score (nSPS) is 12.1. The second-order valence-electron chi connectivity index (χ2n) is 3.14. The van der Waals surface area contributed by atoms with E-state index in [1.54, 1.807) is 0 Å². The first-order valence-electron chi connectivity index (χ1n) is 4.49. The molecule has 0 spiro atoms. The molecule has 1 atom stereocenters. The Hall–Kier alpha value is -1.53. The monoisotopic (exact) mass is 246 g/mol. The van der Waals surface area contributed by atoms with Gasteiger partial charge in [0.1, 0.15) is 11.4 Å². The molecule has 0 saturated carbocycles. The molecule has 16 heavy (non-hydrogen) atoms. The van der Waals surface area contributed by atoms with Gasteiger partial charge < -0.3 is 15.5 Å². The second kappa shape index (κ2) is 5.53. The average Bonchev–Trinajstić information content (AvgIpc) is 2.27. The van der Waals surface area contributed by atoms with Crippen molar-refractivity contribution in [3.05, 3.63) is 28.3 Å². The Bertz CT molecular complexity index is 382. The van der Waals surface area contributed by atoms with Crippen molar-refractivity contribution in [1.82, 2.24) is 0 Å². The molecule has 88 valence electrons. The predicted octanol–water partition coefficient (Wildman–Crippen LogP) is 1.31. The third kappa shape index (κ3) is 2.98. The number of nitro groups is 1. The van der Waals surface area contributed by atoms with Crippen molar-refractivity contribution in [2.45, 2.75) is 6.04 Å². The van der Waals surface area contributed by atoms with Crippen LogP contribution in [0, 0.1) is 10.1 Å². The van der Waals surface area contributed by atoms with Crippen LogP contribution in [0.2, 0.25) is 0 Å². The Morgan fingerprint density at radius 3 is 2.75 bits per heavy atom. The molecule has 0 heterocycles. The SMILES string of the molecule is O=[N+]([O-])c1cc(O)ccc1NC(CO)CCl. The number of aromatic hydroxyl groups is 1. The van der Waals surface area contributed by atoms with Gasteiger partial charge in [-0.25, -0.2) is 0 Å². The number of phenols is 1. The van der Waals surface area contributed by atoms with Gasteiger partial charge in [0.2, 0.25) is 0 Å². The molecule has 0 aromatic heterocycles. The number of alkyl halides is 1. The lowest BCUT2D eigenvalue weighted by atomic mass is 10.2. The molecule has 0 aliphatic rings. The molecule has 7 heteroatoms. The van der Waals surface area contributed by atoms with E-state index in [-0.39, 0.29) is 29.6 Å². The molecule has 0 saturated heterocycles. The summed E-state index contributed by atoms with van der Waals surface area (Å²) in [6.07, 6.45) is 0. The average molecular weight is 247 g/mol. The predicted molar refractivity (Wildman–Crippen MR) is 60.0 cm³/mol. The van der Waals surface area contributed by atoms with E-state index >= 15 is 0 Å². The summed E-state index contributed by atoms with van der Waals surface area (Å²) in [5.41, 5.74) is -0.0499. The number of aliphatic hydroxyl groups is 1. The fourth-order valence-electron chi connectivity index (χ4n) is 1.15. The zero-order valence-corrected chi connectivity index (χ0v) is 9.02. The molecule has 0 aliphatic carbocycles. The highest BCUT2D eigenvalue weighted by Crippen LogP contribution is 2.28. The van der Waals surface area contributed by atoms with Gasteiger partial charge >= 0.3 is 0 Å². The summed E-state index contributed by atoms with van der Waals surface area (Å²) in [4.78, 5) is 10.1. The molecule has 0 amide bonds. The molecule has 1 rings (SSSR count). The molecule has 0 radical (unpaired) electrons. The zero-order chi connectivity index (χ0) is 12.1. The second-order valence-corrected chi connectivity index (χ2v) is 3.45. The van der Waals surface area contributed by atoms with Crippen LogP contribution in [-0.2, 0) is 0 Å². The van der Waals surface area contributed by atoms with Crippen LogP contribution in [0.25, 0.3) is 0 Å². The lowest BCUT2D eigenvalue weighted by molar-refractivity contribution is -0.384. The Kier molecular flexibility index (Phi) is 4.33. The lowest BCUT2D eigenvalue weighted by Gasteiger charge is -2.14. The third-order valence-corrected chi connectivity index (χ3v) is 2.32. The Morgan fingerprint density at radius 1 is 1.56 bits per heavy atom. The van der Waals surface area contributed by atoms with Crippen LogP contribution in [0.5, 0.6) is 5.75 Å². The number of hydrogen-bond donors (Lipinski definition) is 3. The van der Waals surface area contributed by atoms with E-state index in [9.17, 15) is 10.1 Å². The summed E-state index contributed by atoms with van der Waals surface area (Å²) >= 11 is 5.54. The topological polar surface area (TPSA) is 95.6 Å². The van der Waals surface area contributed by atoms with E-state index in [4.69, 9.17) is 21.8 Å². The van der Waals surface area contributed by atoms with Gasteiger partial charge in [-0.1, -0.05) is 0 Å². The quantitative estimate of drug-likeness (QED) is 0.315. The van der Waals surface area contributed by atoms with Crippen molar-refractivity contribution in [1.29, 1.82) is 0 Å². The maximum atomic E-state index is 10.7. The van der Waals surface area contributed by atoms with Gasteiger partial charge in [0.05, 0.1) is 23.6 Å². The van der Waals surface area contributed by atoms with Crippen LogP contribution < -0.4 is 5.32 Å². The van der Waals surface area contributed by atoms with Crippen molar-refractivity contribution in [3.8, 4) is 5.75 Å². The van der Waals surface area contributed by atoms with Crippen LogP contribution in [0.15, 0.2) is 18.2 Å². The molecule has 1 aromatic carbocycles. The number of aliphatic hydroxyl groups excluding tert-OH is 1. The van der Waals surface area contributed by atoms with E-state index in [0.29, 0.717) is 0 Å². The van der Waals surface area contributed by atoms with Crippen molar-refractivity contribution in [2.75, 3.05) is 17.8 Å². The summed E-state index contributed by atoms with van der Waals surface area (Å²) in [5.74, 6) is -0.0715. The van der Waals surface area contributed by atoms with E-state index < -0.39 is 11.0 Å². The third-order valence-electron chi connectivity index (χ3n) is 1.94. The van der Waals surface area contributed by atoms with Crippen molar-refractivity contribution < 1.29 is 15.1 Å². The summed E-state index contributed by atoms with van der Waals surface area (Å²) in [6, 6.07) is 3.25. The lowest BCUT2D eigenvalue weighted by Crippen LogP contribution is -2.25. The number of nitrogens with one attached hydrogen (secondary N) is 1. The van der Waals surface area contributed by atoms with Crippen LogP contribution in [0.4, 0.5) is 11.4 Å². The van der Waals surface area contributed by atoms with E-state index in [1.807, 2.05) is 0 Å². The van der Waals surface area contributed by atoms with Crippen molar-refractivity contribution in [3.63, 3.8) is 0 Å². The van der Waals surface area contributed by atoms with Gasteiger partial charge in [-0.2, -0.15) is 0 Å². The number of anilines is 1. The Labute approximate surface area is 96.6 Å². The Morgan fingerprint density at radius 2 is 2.25 bits per heavy atom. The van der Waals surface area contributed by atoms with Crippen LogP contribution in [0.3, 0.4) is 0 Å². The highest BCUT2D eigenvalue weighted by atomic mass is 35.5. The first-order valence-corrected chi connectivity index (χ1v) is 5.02. The number of nitrogens with zero attached hydrogens (tertiary/aromatic N) is 1. The maximum Gasteiger partial charge on any atom is 0.296 e. The summed E-state index contributed by atoms with van der Waals surface area (Å²) in [6.45, 7) is -0.235. The van der Waals surface area contributed by atoms with Crippen LogP contribution >= 0.6 is 11.6 Å². The van der Waals surface area contributed by atoms with Gasteiger partial charge in [0.15, 0.2) is 0 Å². The number of phenolic OH excluding ortho intramolecular Hbond substituents is 1. The van der Waals surface area contributed by atoms with E-state index in [1.165, 1.54) is 12.1 Å². The summed E-state index contributed by atoms with van der Waals surface area (Å²) in [7, 11) is 0. The largest absolute Gasteiger partial charge is 0.508 e. The minimum atomic E-state index is -0.620. The van der Waals surface area contributed by atoms with Gasteiger partial charge in [-0.3, -0.25) is 10.1 Å². The van der Waals surface area contributed by atoms with Crippen molar-refractivity contribution >= 4 is 23.0 Å². The molecule has 3 N–H and O–H groups in total. The smallest absolute Gasteiger partial charge is 0.296 e. The summed E-state index contributed by atoms with van der Waals surface area (Å²) < 4.78 is 0. The van der Waals surface area contributed by atoms with E-state index in [2.05, 4.69) is 5.32 Å². The molecule has 1 aromatic rings. The van der Waals surface area contributed by atoms with Gasteiger partial charge in [0.25, 0.3) is 5.69 Å². The number of nitro benzene ring substituents is 1. The molecule has 0 bridgehead atoms. The standard InChI is InChI=1S/C9H11ClN2O4/c10-4-6(5-13)11-8-2-1-7(14)3-9(8)12(15)16/h1-3,6,11,13-14H,4-5H2.